The van der Waals surface area contributed by atoms with Gasteiger partial charge in [-0.3, -0.25) is 4.57 Å². The van der Waals surface area contributed by atoms with Crippen LogP contribution in [-0.4, -0.2) is 31.2 Å². The Kier molecular flexibility index (Phi) is 11.1. The highest BCUT2D eigenvalue weighted by molar-refractivity contribution is 6.10. The van der Waals surface area contributed by atoms with Crippen LogP contribution in [0.1, 0.15) is 58.2 Å². The summed E-state index contributed by atoms with van der Waals surface area (Å²) in [6.45, 7) is 16.3. The summed E-state index contributed by atoms with van der Waals surface area (Å²) in [7, 11) is 0. The van der Waals surface area contributed by atoms with E-state index in [9.17, 15) is 0 Å². The Hall–Kier alpha value is -8.68. The molecule has 7 nitrogen and oxygen atoms in total. The van der Waals surface area contributed by atoms with Crippen molar-refractivity contribution in [2.45, 2.75) is 59.3 Å². The van der Waals surface area contributed by atoms with E-state index in [4.69, 9.17) is 19.9 Å². The van der Waals surface area contributed by atoms with Crippen LogP contribution in [0.2, 0.25) is 0 Å². The Balaban J connectivity index is 1.03. The molecule has 4 heterocycles. The molecule has 0 atom stereocenters. The van der Waals surface area contributed by atoms with Crippen molar-refractivity contribution in [3.8, 4) is 62.2 Å². The van der Waals surface area contributed by atoms with Gasteiger partial charge in [0.25, 0.3) is 0 Å². The molecule has 0 aliphatic carbocycles. The van der Waals surface area contributed by atoms with Crippen molar-refractivity contribution in [2.24, 2.45) is 0 Å². The Bertz CT molecular complexity index is 3800. The number of aryl methyl sites for hydroxylation is 1. The predicted molar refractivity (Wildman–Crippen MR) is 303 cm³/mol. The SMILES string of the molecule is Cc1ccc(-c2nc(-c3cc(N4CN(c5c(-c6ccccc6)cccc5-c5ccccc5)c5ccccc54)cc(C(C)(C)C)c3)nc(-c3ccc4c5ccccc5n(-c5cc(C(C)(C)C)ccn5)c4c3)n2)cc1. The maximum atomic E-state index is 5.44. The number of hydrogen-bond donors (Lipinski definition) is 0. The van der Waals surface area contributed by atoms with E-state index in [1.165, 1.54) is 44.6 Å². The van der Waals surface area contributed by atoms with E-state index >= 15 is 0 Å². The third-order valence-electron chi connectivity index (χ3n) is 14.3. The fourth-order valence-corrected chi connectivity index (χ4v) is 10.3. The first-order valence-corrected chi connectivity index (χ1v) is 25.2. The van der Waals surface area contributed by atoms with E-state index in [0.717, 1.165) is 61.4 Å². The largest absolute Gasteiger partial charge is 0.321 e. The first kappa shape index (κ1) is 45.5. The number of aromatic nitrogens is 5. The van der Waals surface area contributed by atoms with Crippen molar-refractivity contribution in [2.75, 3.05) is 16.5 Å². The maximum Gasteiger partial charge on any atom is 0.164 e. The second kappa shape index (κ2) is 17.9. The summed E-state index contributed by atoms with van der Waals surface area (Å²) in [5, 5.41) is 2.30. The number of fused-ring (bicyclic) bond motifs is 4. The Morgan fingerprint density at radius 1 is 0.411 bits per heavy atom. The monoisotopic (exact) mass is 947 g/mol. The highest BCUT2D eigenvalue weighted by Gasteiger charge is 2.32. The van der Waals surface area contributed by atoms with Gasteiger partial charge < -0.3 is 9.80 Å². The zero-order chi connectivity index (χ0) is 50.0. The van der Waals surface area contributed by atoms with E-state index in [1.807, 2.05) is 6.20 Å². The number of nitrogens with zero attached hydrogens (tertiary/aromatic N) is 7. The molecule has 12 rings (SSSR count). The maximum absolute atomic E-state index is 5.44. The van der Waals surface area contributed by atoms with Crippen LogP contribution in [-0.2, 0) is 10.8 Å². The molecule has 7 heteroatoms. The van der Waals surface area contributed by atoms with E-state index in [1.54, 1.807) is 0 Å². The summed E-state index contributed by atoms with van der Waals surface area (Å²) >= 11 is 0. The molecule has 0 fully saturated rings. The Morgan fingerprint density at radius 3 is 1.63 bits per heavy atom. The molecule has 1 aliphatic rings. The summed E-state index contributed by atoms with van der Waals surface area (Å²) in [5.74, 6) is 2.70. The van der Waals surface area contributed by atoms with Crippen LogP contribution in [0, 0.1) is 6.92 Å². The third kappa shape index (κ3) is 8.40. The molecule has 11 aromatic rings. The molecule has 0 radical (unpaired) electrons. The van der Waals surface area contributed by atoms with Crippen LogP contribution < -0.4 is 9.80 Å². The van der Waals surface area contributed by atoms with Crippen molar-refractivity contribution in [1.82, 2.24) is 24.5 Å². The second-order valence-electron chi connectivity index (χ2n) is 21.3. The molecular weight excluding hydrogens is 891 g/mol. The van der Waals surface area contributed by atoms with Gasteiger partial charge in [-0.1, -0.05) is 193 Å². The lowest BCUT2D eigenvalue weighted by molar-refractivity contribution is 0.588. The van der Waals surface area contributed by atoms with E-state index in [-0.39, 0.29) is 10.8 Å². The van der Waals surface area contributed by atoms with Gasteiger partial charge >= 0.3 is 0 Å². The number of hydrogen-bond acceptors (Lipinski definition) is 6. The zero-order valence-electron chi connectivity index (χ0n) is 42.5. The van der Waals surface area contributed by atoms with Crippen LogP contribution in [0.5, 0.6) is 0 Å². The quantitative estimate of drug-likeness (QED) is 0.151. The van der Waals surface area contributed by atoms with E-state index in [2.05, 4.69) is 263 Å². The highest BCUT2D eigenvalue weighted by atomic mass is 15.4. The first-order chi connectivity index (χ1) is 35.4. The molecule has 1 aliphatic heterocycles. The number of para-hydroxylation sites is 4. The number of anilines is 4. The van der Waals surface area contributed by atoms with Gasteiger partial charge in [0.05, 0.1) is 28.1 Å². The molecule has 0 spiro atoms. The summed E-state index contributed by atoms with van der Waals surface area (Å²) in [6.07, 6.45) is 1.93. The number of benzene rings is 8. The number of rotatable bonds is 8. The van der Waals surface area contributed by atoms with Gasteiger partial charge in [0.1, 0.15) is 12.5 Å². The van der Waals surface area contributed by atoms with Crippen molar-refractivity contribution in [3.05, 3.63) is 223 Å². The number of pyridine rings is 1. The Morgan fingerprint density at radius 2 is 0.973 bits per heavy atom. The molecule has 8 aromatic carbocycles. The van der Waals surface area contributed by atoms with Crippen LogP contribution in [0.15, 0.2) is 206 Å². The van der Waals surface area contributed by atoms with Crippen molar-refractivity contribution < 1.29 is 0 Å². The molecule has 356 valence electrons. The van der Waals surface area contributed by atoms with Crippen molar-refractivity contribution in [1.29, 1.82) is 0 Å². The summed E-state index contributed by atoms with van der Waals surface area (Å²) in [5.41, 5.74) is 17.4. The van der Waals surface area contributed by atoms with E-state index in [0.29, 0.717) is 24.1 Å². The fraction of sp³-hybridized carbons (Fsp3) is 0.152. The smallest absolute Gasteiger partial charge is 0.164 e. The average Bonchev–Trinajstić information content (AvgIpc) is 3.97. The summed E-state index contributed by atoms with van der Waals surface area (Å²) in [6, 6.07) is 71.8. The molecule has 0 bridgehead atoms. The molecule has 0 saturated carbocycles. The summed E-state index contributed by atoms with van der Waals surface area (Å²) < 4.78 is 2.28. The lowest BCUT2D eigenvalue weighted by Crippen LogP contribution is -2.25. The molecule has 3 aromatic heterocycles. The zero-order valence-corrected chi connectivity index (χ0v) is 42.5. The van der Waals surface area contributed by atoms with Gasteiger partial charge in [-0.15, -0.1) is 0 Å². The van der Waals surface area contributed by atoms with Crippen LogP contribution in [0.3, 0.4) is 0 Å². The molecule has 0 unspecified atom stereocenters. The van der Waals surface area contributed by atoms with Gasteiger partial charge in [-0.05, 0) is 94.6 Å². The molecule has 0 amide bonds. The highest BCUT2D eigenvalue weighted by Crippen LogP contribution is 2.51. The van der Waals surface area contributed by atoms with Gasteiger partial charge in [-0.2, -0.15) is 0 Å². The minimum absolute atomic E-state index is 0.0450. The molecule has 0 N–H and O–H groups in total. The topological polar surface area (TPSA) is 63.0 Å². The van der Waals surface area contributed by atoms with Gasteiger partial charge in [-0.25, -0.2) is 19.9 Å². The standard InChI is InChI=1S/C66H57N7/c1-43-29-31-46(32-30-43)62-68-63(47-33-34-55-54-23-14-15-26-56(54)73(59(55)39-47)60-41-49(35-36-67-60)65(2,3)4)70-64(69-62)48-37-50(66(5,6)7)40-51(38-48)71-42-72(58-28-17-16-27-57(58)71)61-52(44-19-10-8-11-20-44)24-18-25-53(61)45-21-12-9-13-22-45/h8-41H,42H2,1-7H3. The van der Waals surface area contributed by atoms with Gasteiger partial charge in [0, 0.05) is 50.5 Å². The third-order valence-corrected chi connectivity index (χ3v) is 14.3. The summed E-state index contributed by atoms with van der Waals surface area (Å²) in [4.78, 5) is 26.0. The molecule has 0 saturated heterocycles. The van der Waals surface area contributed by atoms with Crippen LogP contribution in [0.25, 0.3) is 84.0 Å². The lowest BCUT2D eigenvalue weighted by atomic mass is 9.85. The van der Waals surface area contributed by atoms with Crippen molar-refractivity contribution >= 4 is 44.6 Å². The minimum Gasteiger partial charge on any atom is -0.321 e. The fourth-order valence-electron chi connectivity index (χ4n) is 10.3. The lowest BCUT2D eigenvalue weighted by Gasteiger charge is -2.28. The minimum atomic E-state index is -0.198. The van der Waals surface area contributed by atoms with Crippen LogP contribution in [0.4, 0.5) is 22.7 Å². The normalized spacial score (nSPS) is 12.8. The van der Waals surface area contributed by atoms with Gasteiger partial charge in [0.15, 0.2) is 17.5 Å². The second-order valence-corrected chi connectivity index (χ2v) is 21.3. The molecular formula is C66H57N7. The average molecular weight is 948 g/mol. The van der Waals surface area contributed by atoms with Crippen LogP contribution >= 0.6 is 0 Å². The van der Waals surface area contributed by atoms with Crippen molar-refractivity contribution in [3.63, 3.8) is 0 Å². The Labute approximate surface area is 428 Å². The van der Waals surface area contributed by atoms with Gasteiger partial charge in [0.2, 0.25) is 0 Å². The first-order valence-electron chi connectivity index (χ1n) is 25.2. The molecule has 73 heavy (non-hydrogen) atoms. The van der Waals surface area contributed by atoms with E-state index < -0.39 is 0 Å². The predicted octanol–water partition coefficient (Wildman–Crippen LogP) is 16.8.